The Morgan fingerprint density at radius 1 is 1.32 bits per heavy atom. The van der Waals surface area contributed by atoms with Gasteiger partial charge in [0, 0.05) is 26.3 Å². The maximum Gasteiger partial charge on any atom is 0.270 e. The Balaban J connectivity index is 1.87. The maximum absolute atomic E-state index is 13.0. The molecule has 3 aromatic rings. The van der Waals surface area contributed by atoms with Gasteiger partial charge in [-0.05, 0) is 43.4 Å². The van der Waals surface area contributed by atoms with E-state index >= 15 is 0 Å². The van der Waals surface area contributed by atoms with Gasteiger partial charge in [-0.1, -0.05) is 13.0 Å². The number of fused-ring (bicyclic) bond motifs is 2. The third-order valence-corrected chi connectivity index (χ3v) is 5.11. The summed E-state index contributed by atoms with van der Waals surface area (Å²) in [6, 6.07) is 5.45. The highest BCUT2D eigenvalue weighted by atomic mass is 16.2. The molecule has 0 aromatic carbocycles. The maximum atomic E-state index is 13.0. The van der Waals surface area contributed by atoms with Gasteiger partial charge in [0.15, 0.2) is 0 Å². The molecule has 0 bridgehead atoms. The molecule has 1 fully saturated rings. The van der Waals surface area contributed by atoms with Gasteiger partial charge in [0.25, 0.3) is 11.5 Å². The number of nitrogens with zero attached hydrogens (tertiary/aromatic N) is 4. The van der Waals surface area contributed by atoms with Gasteiger partial charge >= 0.3 is 0 Å². The van der Waals surface area contributed by atoms with Gasteiger partial charge in [-0.25, -0.2) is 4.98 Å². The van der Waals surface area contributed by atoms with Crippen LogP contribution in [-0.4, -0.2) is 37.8 Å². The number of amides is 1. The minimum Gasteiger partial charge on any atom is -0.337 e. The molecule has 0 radical (unpaired) electrons. The Labute approximate surface area is 145 Å². The van der Waals surface area contributed by atoms with Gasteiger partial charge < -0.3 is 9.47 Å². The molecule has 0 saturated carbocycles. The Kier molecular flexibility index (Phi) is 3.63. The molecule has 1 aliphatic rings. The van der Waals surface area contributed by atoms with Gasteiger partial charge in [0.05, 0.1) is 5.39 Å². The van der Waals surface area contributed by atoms with Crippen molar-refractivity contribution in [1.29, 1.82) is 0 Å². The summed E-state index contributed by atoms with van der Waals surface area (Å²) in [7, 11) is 1.81. The summed E-state index contributed by atoms with van der Waals surface area (Å²) in [5.41, 5.74) is 2.54. The average Bonchev–Trinajstić information content (AvgIpc) is 2.92. The van der Waals surface area contributed by atoms with Crippen molar-refractivity contribution in [3.05, 3.63) is 46.0 Å². The molecule has 1 aliphatic heterocycles. The highest BCUT2D eigenvalue weighted by Crippen LogP contribution is 2.21. The summed E-state index contributed by atoms with van der Waals surface area (Å²) in [6.07, 6.45) is 3.97. The van der Waals surface area contributed by atoms with E-state index in [1.165, 1.54) is 0 Å². The van der Waals surface area contributed by atoms with Gasteiger partial charge in [-0.15, -0.1) is 0 Å². The molecule has 0 N–H and O–H groups in total. The van der Waals surface area contributed by atoms with E-state index in [2.05, 4.69) is 11.9 Å². The fourth-order valence-corrected chi connectivity index (χ4v) is 3.72. The number of aromatic nitrogens is 3. The van der Waals surface area contributed by atoms with Crippen molar-refractivity contribution in [1.82, 2.24) is 18.9 Å². The van der Waals surface area contributed by atoms with Crippen LogP contribution in [0.25, 0.3) is 16.7 Å². The molecule has 4 heterocycles. The first-order valence-corrected chi connectivity index (χ1v) is 8.73. The monoisotopic (exact) mass is 338 g/mol. The quantitative estimate of drug-likeness (QED) is 0.684. The minimum atomic E-state index is -0.134. The van der Waals surface area contributed by atoms with Crippen LogP contribution in [0.5, 0.6) is 0 Å². The lowest BCUT2D eigenvalue weighted by atomic mass is 10.00. The number of piperidine rings is 1. The van der Waals surface area contributed by atoms with E-state index in [1.54, 1.807) is 28.3 Å². The lowest BCUT2D eigenvalue weighted by Gasteiger charge is -2.30. The van der Waals surface area contributed by atoms with E-state index in [4.69, 9.17) is 0 Å². The molecule has 3 aromatic heterocycles. The van der Waals surface area contributed by atoms with Gasteiger partial charge in [0.1, 0.15) is 17.0 Å². The van der Waals surface area contributed by atoms with Crippen LogP contribution in [-0.2, 0) is 7.05 Å². The van der Waals surface area contributed by atoms with Gasteiger partial charge in [-0.2, -0.15) is 0 Å². The van der Waals surface area contributed by atoms with E-state index < -0.39 is 0 Å². The molecular formula is C19H22N4O2. The van der Waals surface area contributed by atoms with Crippen LogP contribution >= 0.6 is 0 Å². The zero-order valence-electron chi connectivity index (χ0n) is 14.8. The predicted molar refractivity (Wildman–Crippen MR) is 97.0 cm³/mol. The molecule has 4 rings (SSSR count). The third kappa shape index (κ3) is 2.52. The van der Waals surface area contributed by atoms with Gasteiger partial charge in [-0.3, -0.25) is 14.0 Å². The standard InChI is InChI=1S/C19H22N4O2/c1-12-5-4-8-22(10-12)19(25)15-9-14-17(21(15)3)20-16-7-6-13(2)11-23(16)18(14)24/h6-7,9,11-12H,4-5,8,10H2,1-3H3/t12-/m1/s1. The first-order chi connectivity index (χ1) is 12.0. The summed E-state index contributed by atoms with van der Waals surface area (Å²) >= 11 is 0. The zero-order chi connectivity index (χ0) is 17.7. The molecule has 0 unspecified atom stereocenters. The van der Waals surface area contributed by atoms with Crippen molar-refractivity contribution in [2.24, 2.45) is 13.0 Å². The highest BCUT2D eigenvalue weighted by Gasteiger charge is 2.25. The van der Waals surface area contributed by atoms with Crippen molar-refractivity contribution < 1.29 is 4.79 Å². The van der Waals surface area contributed by atoms with Crippen molar-refractivity contribution in [3.63, 3.8) is 0 Å². The van der Waals surface area contributed by atoms with Gasteiger partial charge in [0.2, 0.25) is 0 Å². The normalized spacial score (nSPS) is 18.2. The van der Waals surface area contributed by atoms with Crippen LogP contribution in [0.1, 0.15) is 35.8 Å². The second-order valence-corrected chi connectivity index (χ2v) is 7.18. The van der Waals surface area contributed by atoms with Crippen molar-refractivity contribution in [2.75, 3.05) is 13.1 Å². The Bertz CT molecular complexity index is 1050. The third-order valence-electron chi connectivity index (χ3n) is 5.11. The predicted octanol–water partition coefficient (Wildman–Crippen LogP) is 2.37. The zero-order valence-corrected chi connectivity index (χ0v) is 14.8. The molecular weight excluding hydrogens is 316 g/mol. The molecule has 1 saturated heterocycles. The summed E-state index contributed by atoms with van der Waals surface area (Å²) in [5.74, 6) is 0.499. The number of carbonyl (C=O) groups excluding carboxylic acids is 1. The lowest BCUT2D eigenvalue weighted by molar-refractivity contribution is 0.0674. The first-order valence-electron chi connectivity index (χ1n) is 8.73. The number of rotatable bonds is 1. The number of aryl methyl sites for hydroxylation is 2. The Morgan fingerprint density at radius 2 is 2.12 bits per heavy atom. The second kappa shape index (κ2) is 5.72. The van der Waals surface area contributed by atoms with Crippen molar-refractivity contribution in [3.8, 4) is 0 Å². The van der Waals surface area contributed by atoms with Crippen LogP contribution in [0, 0.1) is 12.8 Å². The molecule has 0 spiro atoms. The van der Waals surface area contributed by atoms with Crippen molar-refractivity contribution >= 4 is 22.6 Å². The molecule has 25 heavy (non-hydrogen) atoms. The van der Waals surface area contributed by atoms with Crippen LogP contribution in [0.4, 0.5) is 0 Å². The summed E-state index contributed by atoms with van der Waals surface area (Å²) in [4.78, 5) is 32.3. The number of carbonyl (C=O) groups is 1. The van der Waals surface area contributed by atoms with Crippen molar-refractivity contribution in [2.45, 2.75) is 26.7 Å². The second-order valence-electron chi connectivity index (χ2n) is 7.18. The topological polar surface area (TPSA) is 59.6 Å². The van der Waals surface area contributed by atoms with E-state index in [1.807, 2.05) is 24.0 Å². The number of hydrogen-bond acceptors (Lipinski definition) is 3. The number of likely N-dealkylation sites (tertiary alicyclic amines) is 1. The van der Waals surface area contributed by atoms with Crippen LogP contribution in [0.15, 0.2) is 29.2 Å². The number of pyridine rings is 1. The van der Waals surface area contributed by atoms with E-state index in [0.717, 1.165) is 31.5 Å². The fraction of sp³-hybridized carbons (Fsp3) is 0.421. The Hall–Kier alpha value is -2.63. The van der Waals surface area contributed by atoms with Crippen LogP contribution in [0.3, 0.4) is 0 Å². The van der Waals surface area contributed by atoms with Crippen LogP contribution < -0.4 is 5.56 Å². The minimum absolute atomic E-state index is 0.0170. The van der Waals surface area contributed by atoms with E-state index in [-0.39, 0.29) is 11.5 Å². The van der Waals surface area contributed by atoms with E-state index in [0.29, 0.717) is 28.3 Å². The lowest BCUT2D eigenvalue weighted by Crippen LogP contribution is -2.39. The SMILES string of the molecule is Cc1ccc2nc3c(cc(C(=O)N4CCC[C@@H](C)C4)n3C)c(=O)n2c1. The van der Waals surface area contributed by atoms with Crippen LogP contribution in [0.2, 0.25) is 0 Å². The molecule has 6 nitrogen and oxygen atoms in total. The molecule has 130 valence electrons. The first kappa shape index (κ1) is 15.9. The molecule has 1 atom stereocenters. The summed E-state index contributed by atoms with van der Waals surface area (Å²) in [5, 5.41) is 0.485. The Morgan fingerprint density at radius 3 is 2.88 bits per heavy atom. The summed E-state index contributed by atoms with van der Waals surface area (Å²) in [6.45, 7) is 5.66. The molecule has 6 heteroatoms. The average molecular weight is 338 g/mol. The number of hydrogen-bond donors (Lipinski definition) is 0. The molecule has 0 aliphatic carbocycles. The highest BCUT2D eigenvalue weighted by molar-refractivity contribution is 5.98. The smallest absolute Gasteiger partial charge is 0.270 e. The molecule has 1 amide bonds. The summed E-state index contributed by atoms with van der Waals surface area (Å²) < 4.78 is 3.30. The largest absolute Gasteiger partial charge is 0.337 e. The fourth-order valence-electron chi connectivity index (χ4n) is 3.72. The van der Waals surface area contributed by atoms with E-state index in [9.17, 15) is 9.59 Å².